The minimum atomic E-state index is -0.290. The van der Waals surface area contributed by atoms with Gasteiger partial charge in [-0.1, -0.05) is 17.7 Å². The van der Waals surface area contributed by atoms with Gasteiger partial charge in [0.05, 0.1) is 29.7 Å². The number of halogens is 1. The summed E-state index contributed by atoms with van der Waals surface area (Å²) >= 11 is 5.83. The molecule has 23 heavy (non-hydrogen) atoms. The van der Waals surface area contributed by atoms with Gasteiger partial charge in [0.1, 0.15) is 5.15 Å². The maximum Gasteiger partial charge on any atom is 0.322 e. The van der Waals surface area contributed by atoms with Crippen molar-refractivity contribution in [3.05, 3.63) is 53.1 Å². The van der Waals surface area contributed by atoms with Crippen molar-refractivity contribution in [2.24, 2.45) is 0 Å². The summed E-state index contributed by atoms with van der Waals surface area (Å²) in [6, 6.07) is 8.37. The number of amides is 2. The molecule has 7 heteroatoms. The predicted octanol–water partition coefficient (Wildman–Crippen LogP) is 3.29. The average Bonchev–Trinajstić information content (AvgIpc) is 2.55. The Kier molecular flexibility index (Phi) is 5.90. The molecule has 2 heterocycles. The van der Waals surface area contributed by atoms with E-state index >= 15 is 0 Å². The van der Waals surface area contributed by atoms with Crippen LogP contribution in [0.1, 0.15) is 17.4 Å². The van der Waals surface area contributed by atoms with Crippen LogP contribution in [0.15, 0.2) is 36.5 Å². The van der Waals surface area contributed by atoms with Gasteiger partial charge in [-0.2, -0.15) is 0 Å². The highest BCUT2D eigenvalue weighted by Gasteiger charge is 2.23. The van der Waals surface area contributed by atoms with Crippen LogP contribution >= 0.6 is 11.6 Å². The van der Waals surface area contributed by atoms with Crippen LogP contribution < -0.4 is 5.32 Å². The molecule has 2 aromatic heterocycles. The lowest BCUT2D eigenvalue weighted by molar-refractivity contribution is 0.119. The maximum atomic E-state index is 12.5. The quantitative estimate of drug-likeness (QED) is 0.852. The molecule has 2 rings (SSSR count). The Labute approximate surface area is 140 Å². The Morgan fingerprint density at radius 1 is 1.39 bits per heavy atom. The molecule has 2 amide bonds. The summed E-state index contributed by atoms with van der Waals surface area (Å²) in [6.45, 7) is 2.13. The van der Waals surface area contributed by atoms with Crippen molar-refractivity contribution in [2.45, 2.75) is 13.0 Å². The third-order valence-corrected chi connectivity index (χ3v) is 3.65. The summed E-state index contributed by atoms with van der Waals surface area (Å²) in [7, 11) is 3.29. The minimum Gasteiger partial charge on any atom is -0.382 e. The monoisotopic (exact) mass is 334 g/mol. The smallest absolute Gasteiger partial charge is 0.322 e. The highest BCUT2D eigenvalue weighted by Crippen LogP contribution is 2.20. The first-order chi connectivity index (χ1) is 11.0. The number of urea groups is 1. The summed E-state index contributed by atoms with van der Waals surface area (Å²) in [4.78, 5) is 22.5. The number of aryl methyl sites for hydroxylation is 1. The molecule has 0 saturated carbocycles. The number of nitrogens with zero attached hydrogens (tertiary/aromatic N) is 3. The number of ether oxygens (including phenoxy) is 1. The normalized spacial score (nSPS) is 11.8. The maximum absolute atomic E-state index is 12.5. The van der Waals surface area contributed by atoms with E-state index in [2.05, 4.69) is 15.3 Å². The van der Waals surface area contributed by atoms with Crippen LogP contribution in [0.4, 0.5) is 10.5 Å². The molecule has 0 bridgehead atoms. The molecule has 0 aliphatic heterocycles. The number of likely N-dealkylation sites (N-methyl/N-ethyl adjacent to an activating group) is 1. The van der Waals surface area contributed by atoms with Crippen molar-refractivity contribution in [3.8, 4) is 0 Å². The van der Waals surface area contributed by atoms with Crippen LogP contribution in [0.3, 0.4) is 0 Å². The molecule has 1 N–H and O–H groups in total. The van der Waals surface area contributed by atoms with Crippen molar-refractivity contribution < 1.29 is 9.53 Å². The van der Waals surface area contributed by atoms with E-state index in [-0.39, 0.29) is 12.1 Å². The molecule has 0 spiro atoms. The topological polar surface area (TPSA) is 67.3 Å². The lowest BCUT2D eigenvalue weighted by atomic mass is 10.2. The Morgan fingerprint density at radius 2 is 2.17 bits per heavy atom. The third kappa shape index (κ3) is 4.40. The highest BCUT2D eigenvalue weighted by molar-refractivity contribution is 6.29. The minimum absolute atomic E-state index is 0.273. The Hall–Kier alpha value is -2.18. The largest absolute Gasteiger partial charge is 0.382 e. The van der Waals surface area contributed by atoms with Gasteiger partial charge in [-0.3, -0.25) is 4.98 Å². The third-order valence-electron chi connectivity index (χ3n) is 3.44. The molecule has 2 aromatic rings. The second kappa shape index (κ2) is 7.89. The highest BCUT2D eigenvalue weighted by atomic mass is 35.5. The first kappa shape index (κ1) is 17.2. The number of hydrogen-bond acceptors (Lipinski definition) is 4. The number of carbonyl (C=O) groups is 1. The lowest BCUT2D eigenvalue weighted by Gasteiger charge is -2.27. The van der Waals surface area contributed by atoms with E-state index in [1.807, 2.05) is 18.2 Å². The second-order valence-corrected chi connectivity index (χ2v) is 5.42. The van der Waals surface area contributed by atoms with Gasteiger partial charge in [-0.15, -0.1) is 0 Å². The summed E-state index contributed by atoms with van der Waals surface area (Å²) in [5, 5.41) is 3.22. The fraction of sp³-hybridized carbons (Fsp3) is 0.312. The second-order valence-electron chi connectivity index (χ2n) is 5.03. The van der Waals surface area contributed by atoms with E-state index in [1.54, 1.807) is 44.3 Å². The van der Waals surface area contributed by atoms with E-state index in [1.165, 1.54) is 0 Å². The van der Waals surface area contributed by atoms with Crippen LogP contribution in [-0.4, -0.2) is 41.7 Å². The summed E-state index contributed by atoms with van der Waals surface area (Å²) in [6.07, 6.45) is 1.69. The number of aromatic nitrogens is 2. The number of pyridine rings is 2. The molecule has 0 saturated heterocycles. The zero-order chi connectivity index (χ0) is 16.8. The molecular weight excluding hydrogens is 316 g/mol. The standard InChI is InChI=1S/C16H19ClN4O2/c1-11-12(7-8-15(17)19-11)20-16(22)21(2)14(10-23-3)13-6-4-5-9-18-13/h4-9,14H,10H2,1-3H3,(H,20,22). The first-order valence-corrected chi connectivity index (χ1v) is 7.47. The Balaban J connectivity index is 2.16. The molecule has 1 atom stereocenters. The van der Waals surface area contributed by atoms with Gasteiger partial charge >= 0.3 is 6.03 Å². The Morgan fingerprint density at radius 3 is 2.78 bits per heavy atom. The van der Waals surface area contributed by atoms with Gasteiger partial charge in [0.2, 0.25) is 0 Å². The molecule has 0 aromatic carbocycles. The molecule has 0 aliphatic carbocycles. The van der Waals surface area contributed by atoms with Gasteiger partial charge in [0.15, 0.2) is 0 Å². The van der Waals surface area contributed by atoms with E-state index in [4.69, 9.17) is 16.3 Å². The summed E-state index contributed by atoms with van der Waals surface area (Å²) in [5.41, 5.74) is 2.03. The number of rotatable bonds is 5. The van der Waals surface area contributed by atoms with Crippen LogP contribution in [0.25, 0.3) is 0 Å². The summed E-state index contributed by atoms with van der Waals surface area (Å²) in [5.74, 6) is 0. The zero-order valence-electron chi connectivity index (χ0n) is 13.3. The number of anilines is 1. The van der Waals surface area contributed by atoms with Gasteiger partial charge in [0.25, 0.3) is 0 Å². The van der Waals surface area contributed by atoms with Crippen LogP contribution in [0.5, 0.6) is 0 Å². The number of methoxy groups -OCH3 is 1. The Bertz CT molecular complexity index is 666. The van der Waals surface area contributed by atoms with Crippen molar-refractivity contribution in [1.82, 2.24) is 14.9 Å². The average molecular weight is 335 g/mol. The molecule has 1 unspecified atom stereocenters. The molecule has 122 valence electrons. The van der Waals surface area contributed by atoms with Crippen LogP contribution in [0, 0.1) is 6.92 Å². The SMILES string of the molecule is COCC(c1ccccn1)N(C)C(=O)Nc1ccc(Cl)nc1C. The van der Waals surface area contributed by atoms with Crippen molar-refractivity contribution in [3.63, 3.8) is 0 Å². The predicted molar refractivity (Wildman–Crippen MR) is 89.6 cm³/mol. The molecule has 0 aliphatic rings. The van der Waals surface area contributed by atoms with Crippen LogP contribution in [-0.2, 0) is 4.74 Å². The lowest BCUT2D eigenvalue weighted by Crippen LogP contribution is -2.37. The van der Waals surface area contributed by atoms with Crippen molar-refractivity contribution >= 4 is 23.3 Å². The van der Waals surface area contributed by atoms with Gasteiger partial charge < -0.3 is 15.0 Å². The molecule has 0 fully saturated rings. The van der Waals surface area contributed by atoms with Crippen LogP contribution in [0.2, 0.25) is 5.15 Å². The fourth-order valence-electron chi connectivity index (χ4n) is 2.13. The molecular formula is C16H19ClN4O2. The van der Waals surface area contributed by atoms with Gasteiger partial charge in [0, 0.05) is 20.4 Å². The zero-order valence-corrected chi connectivity index (χ0v) is 14.0. The van der Waals surface area contributed by atoms with E-state index in [0.717, 1.165) is 5.69 Å². The van der Waals surface area contributed by atoms with Gasteiger partial charge in [-0.25, -0.2) is 9.78 Å². The fourth-order valence-corrected chi connectivity index (χ4v) is 2.32. The molecule has 0 radical (unpaired) electrons. The van der Waals surface area contributed by atoms with E-state index in [0.29, 0.717) is 23.1 Å². The number of hydrogen-bond donors (Lipinski definition) is 1. The van der Waals surface area contributed by atoms with E-state index < -0.39 is 0 Å². The number of carbonyl (C=O) groups excluding carboxylic acids is 1. The summed E-state index contributed by atoms with van der Waals surface area (Å²) < 4.78 is 5.23. The van der Waals surface area contributed by atoms with E-state index in [9.17, 15) is 4.79 Å². The van der Waals surface area contributed by atoms with Crippen molar-refractivity contribution in [1.29, 1.82) is 0 Å². The first-order valence-electron chi connectivity index (χ1n) is 7.09. The van der Waals surface area contributed by atoms with Crippen molar-refractivity contribution in [2.75, 3.05) is 26.1 Å². The molecule has 6 nitrogen and oxygen atoms in total. The van der Waals surface area contributed by atoms with Gasteiger partial charge in [-0.05, 0) is 31.2 Å². The number of nitrogens with one attached hydrogen (secondary N) is 1.